The predicted molar refractivity (Wildman–Crippen MR) is 72.0 cm³/mol. The van der Waals surface area contributed by atoms with Gasteiger partial charge in [0.2, 0.25) is 0 Å². The molecule has 0 aliphatic heterocycles. The van der Waals surface area contributed by atoms with E-state index in [1.54, 1.807) is 0 Å². The lowest BCUT2D eigenvalue weighted by atomic mass is 9.63. The van der Waals surface area contributed by atoms with Crippen molar-refractivity contribution < 1.29 is 19.4 Å². The van der Waals surface area contributed by atoms with Gasteiger partial charge in [0.1, 0.15) is 5.41 Å². The van der Waals surface area contributed by atoms with Crippen molar-refractivity contribution in [1.82, 2.24) is 0 Å². The van der Waals surface area contributed by atoms with Crippen molar-refractivity contribution in [2.45, 2.75) is 31.3 Å². The maximum Gasteiger partial charge on any atom is 0.319 e. The number of hydrogen-bond donors (Lipinski definition) is 1. The molecule has 0 radical (unpaired) electrons. The van der Waals surface area contributed by atoms with Crippen molar-refractivity contribution in [3.05, 3.63) is 35.9 Å². The van der Waals surface area contributed by atoms with Gasteiger partial charge in [0, 0.05) is 11.8 Å². The van der Waals surface area contributed by atoms with E-state index < -0.39 is 23.4 Å². The van der Waals surface area contributed by atoms with Gasteiger partial charge in [-0.2, -0.15) is 0 Å². The number of carbonyl (C=O) groups is 2. The van der Waals surface area contributed by atoms with E-state index in [9.17, 15) is 14.7 Å². The topological polar surface area (TPSA) is 63.6 Å². The van der Waals surface area contributed by atoms with Gasteiger partial charge in [-0.1, -0.05) is 30.3 Å². The molecular formula is C16H18O4. The molecule has 1 aromatic carbocycles. The van der Waals surface area contributed by atoms with Crippen LogP contribution in [0.25, 0.3) is 0 Å². The summed E-state index contributed by atoms with van der Waals surface area (Å²) in [7, 11) is 1.32. The third kappa shape index (κ3) is 1.64. The van der Waals surface area contributed by atoms with E-state index in [1.165, 1.54) is 7.11 Å². The Balaban J connectivity index is 2.11. The Morgan fingerprint density at radius 3 is 2.70 bits per heavy atom. The molecule has 2 aliphatic carbocycles. The van der Waals surface area contributed by atoms with E-state index in [-0.39, 0.29) is 11.7 Å². The van der Waals surface area contributed by atoms with E-state index >= 15 is 0 Å². The first-order valence-electron chi connectivity index (χ1n) is 6.97. The zero-order chi connectivity index (χ0) is 14.3. The fraction of sp³-hybridized carbons (Fsp3) is 0.500. The second-order valence-corrected chi connectivity index (χ2v) is 5.74. The zero-order valence-corrected chi connectivity index (χ0v) is 11.4. The van der Waals surface area contributed by atoms with Gasteiger partial charge in [-0.25, -0.2) is 0 Å². The van der Waals surface area contributed by atoms with Crippen molar-refractivity contribution in [2.24, 2.45) is 11.3 Å². The van der Waals surface area contributed by atoms with Crippen LogP contribution in [0.4, 0.5) is 0 Å². The fourth-order valence-corrected chi connectivity index (χ4v) is 3.92. The van der Waals surface area contributed by atoms with Gasteiger partial charge >= 0.3 is 5.97 Å². The second kappa shape index (κ2) is 4.70. The highest BCUT2D eigenvalue weighted by atomic mass is 16.5. The molecule has 2 saturated carbocycles. The molecule has 4 heteroatoms. The molecule has 1 N–H and O–H groups in total. The van der Waals surface area contributed by atoms with Crippen LogP contribution in [0, 0.1) is 11.3 Å². The van der Waals surface area contributed by atoms with Gasteiger partial charge in [-0.3, -0.25) is 9.59 Å². The number of ether oxygens (including phenoxy) is 1. The summed E-state index contributed by atoms with van der Waals surface area (Å²) in [6.07, 6.45) is 0.821. The summed E-state index contributed by atoms with van der Waals surface area (Å²) >= 11 is 0. The van der Waals surface area contributed by atoms with Gasteiger partial charge in [0.15, 0.2) is 5.78 Å². The van der Waals surface area contributed by atoms with E-state index in [0.29, 0.717) is 19.3 Å². The van der Waals surface area contributed by atoms with Gasteiger partial charge in [0.05, 0.1) is 13.2 Å². The van der Waals surface area contributed by atoms with Gasteiger partial charge in [0.25, 0.3) is 0 Å². The number of aliphatic hydroxyl groups excluding tert-OH is 1. The van der Waals surface area contributed by atoms with Crippen LogP contribution in [0.2, 0.25) is 0 Å². The highest BCUT2D eigenvalue weighted by molar-refractivity contribution is 6.08. The van der Waals surface area contributed by atoms with Crippen molar-refractivity contribution in [2.75, 3.05) is 7.11 Å². The van der Waals surface area contributed by atoms with Crippen molar-refractivity contribution >= 4 is 11.8 Å². The van der Waals surface area contributed by atoms with Crippen molar-refractivity contribution in [1.29, 1.82) is 0 Å². The third-order valence-electron chi connectivity index (χ3n) is 4.91. The highest BCUT2D eigenvalue weighted by Gasteiger charge is 2.63. The molecule has 0 aromatic heterocycles. The van der Waals surface area contributed by atoms with Crippen LogP contribution < -0.4 is 0 Å². The maximum absolute atomic E-state index is 12.6. The smallest absolute Gasteiger partial charge is 0.319 e. The van der Waals surface area contributed by atoms with Crippen LogP contribution in [-0.2, 0) is 14.3 Å². The first-order chi connectivity index (χ1) is 9.61. The molecule has 2 fully saturated rings. The number of fused-ring (bicyclic) bond motifs is 2. The van der Waals surface area contributed by atoms with Gasteiger partial charge in [-0.05, 0) is 24.8 Å². The summed E-state index contributed by atoms with van der Waals surface area (Å²) < 4.78 is 4.93. The molecule has 3 rings (SSSR count). The molecule has 2 bridgehead atoms. The highest BCUT2D eigenvalue weighted by Crippen LogP contribution is 2.56. The number of esters is 1. The summed E-state index contributed by atoms with van der Waals surface area (Å²) in [6.45, 7) is 0. The van der Waals surface area contributed by atoms with Crippen LogP contribution in [0.15, 0.2) is 30.3 Å². The van der Waals surface area contributed by atoms with E-state index in [0.717, 1.165) is 5.56 Å². The summed E-state index contributed by atoms with van der Waals surface area (Å²) in [4.78, 5) is 25.0. The number of ketones is 1. The largest absolute Gasteiger partial charge is 0.468 e. The van der Waals surface area contributed by atoms with Crippen LogP contribution in [0.1, 0.15) is 30.7 Å². The molecule has 2 aliphatic rings. The SMILES string of the molecule is COC(=O)[C@]12CC[C@@H](C1=O)[C@H](O)C[C@H]2c1ccccc1. The molecule has 1 aromatic rings. The number of benzene rings is 1. The number of aliphatic hydroxyl groups is 1. The molecule has 0 unspecified atom stereocenters. The molecule has 0 amide bonds. The van der Waals surface area contributed by atoms with Gasteiger partial charge in [-0.15, -0.1) is 0 Å². The summed E-state index contributed by atoms with van der Waals surface area (Å²) in [5.74, 6) is -1.30. The Labute approximate surface area is 117 Å². The standard InChI is InChI=1S/C16H18O4/c1-20-15(19)16-8-7-11(14(16)18)13(17)9-12(16)10-5-3-2-4-6-10/h2-6,11-13,17H,7-9H2,1H3/t11-,12+,13-,16+/m1/s1. The van der Waals surface area contributed by atoms with Crippen LogP contribution in [0.5, 0.6) is 0 Å². The van der Waals surface area contributed by atoms with E-state index in [1.807, 2.05) is 30.3 Å². The second-order valence-electron chi connectivity index (χ2n) is 5.74. The normalized spacial score (nSPS) is 35.9. The Kier molecular flexibility index (Phi) is 3.13. The minimum atomic E-state index is -1.10. The van der Waals surface area contributed by atoms with Crippen LogP contribution in [0.3, 0.4) is 0 Å². The lowest BCUT2D eigenvalue weighted by molar-refractivity contribution is -0.162. The third-order valence-corrected chi connectivity index (χ3v) is 4.91. The fourth-order valence-electron chi connectivity index (χ4n) is 3.92. The van der Waals surface area contributed by atoms with Crippen molar-refractivity contribution in [3.63, 3.8) is 0 Å². The lowest BCUT2D eigenvalue weighted by Crippen LogP contribution is -2.50. The average Bonchev–Trinajstić information content (AvgIpc) is 2.73. The predicted octanol–water partition coefficient (Wildman–Crippen LogP) is 1.67. The Morgan fingerprint density at radius 2 is 2.05 bits per heavy atom. The molecular weight excluding hydrogens is 256 g/mol. The summed E-state index contributed by atoms with van der Waals surface area (Å²) in [6, 6.07) is 9.49. The molecule has 0 spiro atoms. The quantitative estimate of drug-likeness (QED) is 0.658. The molecule has 0 heterocycles. The van der Waals surface area contributed by atoms with Crippen molar-refractivity contribution in [3.8, 4) is 0 Å². The molecule has 20 heavy (non-hydrogen) atoms. The van der Waals surface area contributed by atoms with E-state index in [2.05, 4.69) is 0 Å². The monoisotopic (exact) mass is 274 g/mol. The molecule has 4 nitrogen and oxygen atoms in total. The molecule has 0 saturated heterocycles. The number of carbonyl (C=O) groups excluding carboxylic acids is 2. The number of rotatable bonds is 2. The first-order valence-corrected chi connectivity index (χ1v) is 6.97. The number of methoxy groups -OCH3 is 1. The van der Waals surface area contributed by atoms with Crippen LogP contribution >= 0.6 is 0 Å². The minimum Gasteiger partial charge on any atom is -0.468 e. The number of hydrogen-bond acceptors (Lipinski definition) is 4. The Morgan fingerprint density at radius 1 is 1.35 bits per heavy atom. The summed E-state index contributed by atoms with van der Waals surface area (Å²) in [5, 5.41) is 10.2. The van der Waals surface area contributed by atoms with Crippen LogP contribution in [-0.4, -0.2) is 30.1 Å². The Bertz CT molecular complexity index is 539. The molecule has 106 valence electrons. The Hall–Kier alpha value is -1.68. The van der Waals surface area contributed by atoms with Gasteiger partial charge < -0.3 is 9.84 Å². The zero-order valence-electron chi connectivity index (χ0n) is 11.4. The minimum absolute atomic E-state index is 0.142. The summed E-state index contributed by atoms with van der Waals surface area (Å²) in [5.41, 5.74) is -0.175. The lowest BCUT2D eigenvalue weighted by Gasteiger charge is -2.39. The maximum atomic E-state index is 12.6. The first kappa shape index (κ1) is 13.3. The average molecular weight is 274 g/mol. The molecule has 4 atom stereocenters. The van der Waals surface area contributed by atoms with E-state index in [4.69, 9.17) is 4.74 Å². The number of Topliss-reactive ketones (excluding diaryl/α,β-unsaturated/α-hetero) is 1.